The van der Waals surface area contributed by atoms with Crippen LogP contribution in [0, 0.1) is 6.92 Å². The van der Waals surface area contributed by atoms with Crippen LogP contribution in [0.4, 0.5) is 5.69 Å². The van der Waals surface area contributed by atoms with E-state index in [4.69, 9.17) is 0 Å². The third-order valence-corrected chi connectivity index (χ3v) is 6.35. The molecule has 1 aromatic carbocycles. The average Bonchev–Trinajstić information content (AvgIpc) is 3.06. The lowest BCUT2D eigenvalue weighted by Gasteiger charge is -2.40. The highest BCUT2D eigenvalue weighted by Gasteiger charge is 2.33. The number of aryl methyl sites for hydroxylation is 2. The van der Waals surface area contributed by atoms with Crippen molar-refractivity contribution < 1.29 is 8.42 Å². The Balaban J connectivity index is 1.76. The van der Waals surface area contributed by atoms with Crippen LogP contribution in [-0.4, -0.2) is 48.2 Å². The normalized spacial score (nSPS) is 19.6. The Labute approximate surface area is 143 Å². The number of hydrogen-bond acceptors (Lipinski definition) is 4. The predicted molar refractivity (Wildman–Crippen MR) is 94.6 cm³/mol. The monoisotopic (exact) mass is 348 g/mol. The van der Waals surface area contributed by atoms with Gasteiger partial charge in [-0.2, -0.15) is 9.40 Å². The van der Waals surface area contributed by atoms with Gasteiger partial charge in [-0.05, 0) is 32.9 Å². The van der Waals surface area contributed by atoms with E-state index in [1.54, 1.807) is 15.2 Å². The van der Waals surface area contributed by atoms with Gasteiger partial charge in [0.05, 0.1) is 6.20 Å². The maximum Gasteiger partial charge on any atom is 0.246 e. The second-order valence-electron chi connectivity index (χ2n) is 6.27. The topological polar surface area (TPSA) is 58.4 Å². The van der Waals surface area contributed by atoms with Crippen LogP contribution in [-0.2, 0) is 16.6 Å². The molecule has 1 atom stereocenters. The summed E-state index contributed by atoms with van der Waals surface area (Å²) in [6.07, 6.45) is 3.04. The summed E-state index contributed by atoms with van der Waals surface area (Å²) < 4.78 is 28.8. The first-order chi connectivity index (χ1) is 11.4. The standard InChI is InChI=1S/C17H24N4O2S/c1-4-19-13-17(11-18-19)24(22,23)20-9-10-21(15(3)12-20)16-7-5-14(2)6-8-16/h5-8,11,13,15H,4,9-10,12H2,1-3H3/t15-/m0/s1. The van der Waals surface area contributed by atoms with Crippen molar-refractivity contribution in [3.63, 3.8) is 0 Å². The molecule has 0 amide bonds. The Hall–Kier alpha value is -1.86. The number of piperazine rings is 1. The van der Waals surface area contributed by atoms with E-state index in [2.05, 4.69) is 48.1 Å². The molecule has 0 saturated carbocycles. The summed E-state index contributed by atoms with van der Waals surface area (Å²) in [4.78, 5) is 2.54. The minimum absolute atomic E-state index is 0.123. The van der Waals surface area contributed by atoms with Crippen LogP contribution in [0.1, 0.15) is 19.4 Å². The zero-order chi connectivity index (χ0) is 17.3. The summed E-state index contributed by atoms with van der Waals surface area (Å²) in [6.45, 7) is 8.38. The second kappa shape index (κ2) is 6.57. The van der Waals surface area contributed by atoms with E-state index in [-0.39, 0.29) is 10.9 Å². The molecule has 130 valence electrons. The Bertz CT molecular complexity index is 798. The molecule has 24 heavy (non-hydrogen) atoms. The maximum absolute atomic E-state index is 12.8. The third kappa shape index (κ3) is 3.18. The highest BCUT2D eigenvalue weighted by molar-refractivity contribution is 7.89. The largest absolute Gasteiger partial charge is 0.366 e. The molecule has 3 rings (SSSR count). The van der Waals surface area contributed by atoms with E-state index in [1.807, 2.05) is 6.92 Å². The molecule has 2 aromatic rings. The molecule has 1 aliphatic rings. The van der Waals surface area contributed by atoms with Crippen LogP contribution in [0.25, 0.3) is 0 Å². The Morgan fingerprint density at radius 2 is 1.92 bits per heavy atom. The number of benzene rings is 1. The summed E-state index contributed by atoms with van der Waals surface area (Å²) in [6, 6.07) is 8.49. The van der Waals surface area contributed by atoms with Crippen molar-refractivity contribution in [2.75, 3.05) is 24.5 Å². The van der Waals surface area contributed by atoms with Crippen molar-refractivity contribution in [1.82, 2.24) is 14.1 Å². The molecular weight excluding hydrogens is 324 g/mol. The van der Waals surface area contributed by atoms with Gasteiger partial charge >= 0.3 is 0 Å². The fourth-order valence-corrected chi connectivity index (χ4v) is 4.53. The summed E-state index contributed by atoms with van der Waals surface area (Å²) in [5.74, 6) is 0. The van der Waals surface area contributed by atoms with E-state index in [1.165, 1.54) is 11.8 Å². The molecule has 0 aliphatic carbocycles. The summed E-state index contributed by atoms with van der Waals surface area (Å²) >= 11 is 0. The molecule has 0 spiro atoms. The SMILES string of the molecule is CCn1cc(S(=O)(=O)N2CCN(c3ccc(C)cc3)[C@@H](C)C2)cn1. The number of sulfonamides is 1. The molecule has 6 nitrogen and oxygen atoms in total. The minimum Gasteiger partial charge on any atom is -0.366 e. The van der Waals surface area contributed by atoms with Gasteiger partial charge in [-0.25, -0.2) is 8.42 Å². The lowest BCUT2D eigenvalue weighted by molar-refractivity contribution is 0.342. The van der Waals surface area contributed by atoms with Crippen molar-refractivity contribution in [2.45, 2.75) is 38.3 Å². The predicted octanol–water partition coefficient (Wildman–Crippen LogP) is 2.11. The number of nitrogens with zero attached hydrogens (tertiary/aromatic N) is 4. The van der Waals surface area contributed by atoms with Crippen LogP contribution >= 0.6 is 0 Å². The number of anilines is 1. The highest BCUT2D eigenvalue weighted by Crippen LogP contribution is 2.24. The summed E-state index contributed by atoms with van der Waals surface area (Å²) in [7, 11) is -3.47. The molecule has 1 saturated heterocycles. The number of aromatic nitrogens is 2. The zero-order valence-electron chi connectivity index (χ0n) is 14.4. The fraction of sp³-hybridized carbons (Fsp3) is 0.471. The first kappa shape index (κ1) is 17.0. The molecule has 1 fully saturated rings. The maximum atomic E-state index is 12.8. The number of rotatable bonds is 4. The van der Waals surface area contributed by atoms with Gasteiger partial charge in [0.15, 0.2) is 0 Å². The van der Waals surface area contributed by atoms with Crippen molar-refractivity contribution in [3.8, 4) is 0 Å². The van der Waals surface area contributed by atoms with Crippen LogP contribution in [0.5, 0.6) is 0 Å². The lowest BCUT2D eigenvalue weighted by Crippen LogP contribution is -2.53. The molecule has 0 N–H and O–H groups in total. The van der Waals surface area contributed by atoms with Crippen molar-refractivity contribution in [1.29, 1.82) is 0 Å². The lowest BCUT2D eigenvalue weighted by atomic mass is 10.1. The molecule has 7 heteroatoms. The van der Waals surface area contributed by atoms with E-state index in [9.17, 15) is 8.42 Å². The molecule has 1 aliphatic heterocycles. The highest BCUT2D eigenvalue weighted by atomic mass is 32.2. The fourth-order valence-electron chi connectivity index (χ4n) is 3.06. The zero-order valence-corrected chi connectivity index (χ0v) is 15.2. The van der Waals surface area contributed by atoms with Crippen molar-refractivity contribution in [3.05, 3.63) is 42.2 Å². The van der Waals surface area contributed by atoms with Crippen molar-refractivity contribution >= 4 is 15.7 Å². The van der Waals surface area contributed by atoms with E-state index < -0.39 is 10.0 Å². The quantitative estimate of drug-likeness (QED) is 0.849. The van der Waals surface area contributed by atoms with E-state index in [0.717, 1.165) is 5.69 Å². The molecule has 0 bridgehead atoms. The van der Waals surface area contributed by atoms with Gasteiger partial charge in [0.25, 0.3) is 0 Å². The Kier molecular flexibility index (Phi) is 4.64. The van der Waals surface area contributed by atoms with Crippen molar-refractivity contribution in [2.24, 2.45) is 0 Å². The van der Waals surface area contributed by atoms with Crippen LogP contribution in [0.3, 0.4) is 0 Å². The van der Waals surface area contributed by atoms with Crippen LogP contribution < -0.4 is 4.90 Å². The van der Waals surface area contributed by atoms with Crippen LogP contribution in [0.2, 0.25) is 0 Å². The summed E-state index contributed by atoms with van der Waals surface area (Å²) in [5, 5.41) is 4.09. The number of hydrogen-bond donors (Lipinski definition) is 0. The third-order valence-electron chi connectivity index (χ3n) is 4.53. The van der Waals surface area contributed by atoms with Gasteiger partial charge in [0.2, 0.25) is 10.0 Å². The Morgan fingerprint density at radius 3 is 2.50 bits per heavy atom. The molecule has 2 heterocycles. The van der Waals surface area contributed by atoms with Gasteiger partial charge < -0.3 is 4.90 Å². The van der Waals surface area contributed by atoms with Crippen LogP contribution in [0.15, 0.2) is 41.6 Å². The Morgan fingerprint density at radius 1 is 1.21 bits per heavy atom. The molecule has 1 aromatic heterocycles. The van der Waals surface area contributed by atoms with E-state index >= 15 is 0 Å². The molecule has 0 radical (unpaired) electrons. The van der Waals surface area contributed by atoms with E-state index in [0.29, 0.717) is 26.2 Å². The molecular formula is C17H24N4O2S. The average molecular weight is 348 g/mol. The van der Waals surface area contributed by atoms with Gasteiger partial charge in [-0.1, -0.05) is 17.7 Å². The first-order valence-corrected chi connectivity index (χ1v) is 9.71. The van der Waals surface area contributed by atoms with Gasteiger partial charge in [0, 0.05) is 44.1 Å². The summed E-state index contributed by atoms with van der Waals surface area (Å²) in [5.41, 5.74) is 2.37. The minimum atomic E-state index is -3.47. The van der Waals surface area contributed by atoms with Gasteiger partial charge in [-0.15, -0.1) is 0 Å². The van der Waals surface area contributed by atoms with Gasteiger partial charge in [-0.3, -0.25) is 4.68 Å². The second-order valence-corrected chi connectivity index (χ2v) is 8.21. The van der Waals surface area contributed by atoms with Gasteiger partial charge in [0.1, 0.15) is 4.90 Å². The molecule has 0 unspecified atom stereocenters. The first-order valence-electron chi connectivity index (χ1n) is 8.27. The smallest absolute Gasteiger partial charge is 0.246 e.